The van der Waals surface area contributed by atoms with Gasteiger partial charge in [0.1, 0.15) is 0 Å². The van der Waals surface area contributed by atoms with Crippen LogP contribution in [-0.2, 0) is 6.42 Å². The number of halogens is 3. The molecule has 0 radical (unpaired) electrons. The molecule has 1 fully saturated rings. The van der Waals surface area contributed by atoms with Crippen molar-refractivity contribution in [1.29, 1.82) is 0 Å². The van der Waals surface area contributed by atoms with Gasteiger partial charge >= 0.3 is 6.03 Å². The number of rotatable bonds is 8. The number of anilines is 2. The van der Waals surface area contributed by atoms with Crippen LogP contribution in [0.4, 0.5) is 16.2 Å². The van der Waals surface area contributed by atoms with Gasteiger partial charge in [0.05, 0.1) is 22.0 Å². The second-order valence-corrected chi connectivity index (χ2v) is 10.8. The summed E-state index contributed by atoms with van der Waals surface area (Å²) in [4.78, 5) is 42.6. The number of urea groups is 1. The minimum Gasteiger partial charge on any atom is -0.368 e. The number of nitrogens with zero attached hydrogens (tertiary/aromatic N) is 2. The molecule has 0 aromatic heterocycles. The molecular formula is C30H32Cl3N5O3. The molecule has 1 aliphatic rings. The van der Waals surface area contributed by atoms with Crippen molar-refractivity contribution in [3.05, 3.63) is 92.4 Å². The van der Waals surface area contributed by atoms with Crippen LogP contribution in [-0.4, -0.2) is 62.0 Å². The van der Waals surface area contributed by atoms with Crippen molar-refractivity contribution < 1.29 is 14.4 Å². The fourth-order valence-electron chi connectivity index (χ4n) is 4.65. The van der Waals surface area contributed by atoms with Gasteiger partial charge in [-0.1, -0.05) is 53.0 Å². The molecule has 4 rings (SSSR count). The smallest absolute Gasteiger partial charge is 0.317 e. The Labute approximate surface area is 254 Å². The molecule has 0 saturated carbocycles. The van der Waals surface area contributed by atoms with Crippen molar-refractivity contribution in [2.75, 3.05) is 49.5 Å². The Morgan fingerprint density at radius 2 is 1.63 bits per heavy atom. The van der Waals surface area contributed by atoms with Crippen molar-refractivity contribution in [1.82, 2.24) is 15.5 Å². The van der Waals surface area contributed by atoms with Gasteiger partial charge in [0, 0.05) is 54.9 Å². The van der Waals surface area contributed by atoms with E-state index >= 15 is 0 Å². The topological polar surface area (TPSA) is 93.8 Å². The largest absolute Gasteiger partial charge is 0.368 e. The third kappa shape index (κ3) is 8.06. The van der Waals surface area contributed by atoms with Gasteiger partial charge in [-0.2, -0.15) is 0 Å². The lowest BCUT2D eigenvalue weighted by Gasteiger charge is -2.26. The van der Waals surface area contributed by atoms with Gasteiger partial charge in [0.15, 0.2) is 0 Å². The van der Waals surface area contributed by atoms with Crippen LogP contribution in [0.2, 0.25) is 15.1 Å². The van der Waals surface area contributed by atoms with Crippen molar-refractivity contribution in [2.24, 2.45) is 0 Å². The van der Waals surface area contributed by atoms with Crippen molar-refractivity contribution in [3.63, 3.8) is 0 Å². The van der Waals surface area contributed by atoms with Crippen LogP contribution in [0.3, 0.4) is 0 Å². The Bertz CT molecular complexity index is 1420. The normalized spacial score (nSPS) is 13.4. The molecule has 8 nitrogen and oxygen atoms in total. The Morgan fingerprint density at radius 1 is 0.829 bits per heavy atom. The average Bonchev–Trinajstić information content (AvgIpc) is 3.21. The summed E-state index contributed by atoms with van der Waals surface area (Å²) in [7, 11) is 0. The number of nitrogens with one attached hydrogen (secondary N) is 3. The molecule has 11 heteroatoms. The molecule has 1 heterocycles. The zero-order valence-electron chi connectivity index (χ0n) is 22.7. The second-order valence-electron chi connectivity index (χ2n) is 9.57. The fraction of sp³-hybridized carbons (Fsp3) is 0.300. The molecule has 216 valence electrons. The molecule has 0 aliphatic carbocycles. The van der Waals surface area contributed by atoms with Gasteiger partial charge < -0.3 is 25.8 Å². The average molecular weight is 617 g/mol. The first kappa shape index (κ1) is 30.5. The summed E-state index contributed by atoms with van der Waals surface area (Å²) in [6, 6.07) is 17.2. The number of amides is 4. The molecule has 3 aromatic rings. The van der Waals surface area contributed by atoms with E-state index in [-0.39, 0.29) is 17.8 Å². The van der Waals surface area contributed by atoms with Gasteiger partial charge in [-0.25, -0.2) is 4.79 Å². The third-order valence-electron chi connectivity index (χ3n) is 6.77. The standard InChI is InChI=1S/C30H32Cl3N5O3/c1-2-34-30(41)38-15-5-14-37(16-17-38)27-11-9-21(18-26(27)36-29(40)23-6-3-4-7-24(23)32)28(39)35-13-12-20-8-10-22(31)19-25(20)33/h3-4,6-11,18-19H,2,5,12-17H2,1H3,(H,34,41)(H,35,39)(H,36,40). The summed E-state index contributed by atoms with van der Waals surface area (Å²) >= 11 is 18.5. The maximum absolute atomic E-state index is 13.2. The molecule has 1 saturated heterocycles. The zero-order valence-corrected chi connectivity index (χ0v) is 25.0. The maximum Gasteiger partial charge on any atom is 0.317 e. The van der Waals surface area contributed by atoms with Crippen LogP contribution in [0.5, 0.6) is 0 Å². The summed E-state index contributed by atoms with van der Waals surface area (Å²) < 4.78 is 0. The number of hydrogen-bond acceptors (Lipinski definition) is 4. The van der Waals surface area contributed by atoms with Crippen LogP contribution >= 0.6 is 34.8 Å². The van der Waals surface area contributed by atoms with Gasteiger partial charge in [-0.3, -0.25) is 9.59 Å². The predicted octanol–water partition coefficient (Wildman–Crippen LogP) is 6.11. The SMILES string of the molecule is CCNC(=O)N1CCCN(c2ccc(C(=O)NCCc3ccc(Cl)cc3Cl)cc2NC(=O)c2ccccc2Cl)CC1. The number of carbonyl (C=O) groups is 3. The Kier molecular flexibility index (Phi) is 10.7. The van der Waals surface area contributed by atoms with E-state index in [1.807, 2.05) is 19.1 Å². The Morgan fingerprint density at radius 3 is 2.39 bits per heavy atom. The van der Waals surface area contributed by atoms with Crippen molar-refractivity contribution in [3.8, 4) is 0 Å². The van der Waals surface area contributed by atoms with Crippen molar-refractivity contribution >= 4 is 64.0 Å². The van der Waals surface area contributed by atoms with E-state index in [9.17, 15) is 14.4 Å². The first-order chi connectivity index (χ1) is 19.8. The number of benzene rings is 3. The maximum atomic E-state index is 13.2. The molecule has 0 spiro atoms. The molecular weight excluding hydrogens is 585 g/mol. The molecule has 3 N–H and O–H groups in total. The Hall–Kier alpha value is -3.46. The minimum atomic E-state index is -0.384. The van der Waals surface area contributed by atoms with E-state index in [2.05, 4.69) is 20.9 Å². The fourth-order valence-corrected chi connectivity index (χ4v) is 5.37. The second kappa shape index (κ2) is 14.4. The van der Waals surface area contributed by atoms with Gasteiger partial charge in [0.25, 0.3) is 11.8 Å². The highest BCUT2D eigenvalue weighted by Crippen LogP contribution is 2.30. The Balaban J connectivity index is 1.54. The third-order valence-corrected chi connectivity index (χ3v) is 7.69. The monoisotopic (exact) mass is 615 g/mol. The molecule has 0 unspecified atom stereocenters. The summed E-state index contributed by atoms with van der Waals surface area (Å²) in [6.07, 6.45) is 1.29. The molecule has 0 bridgehead atoms. The first-order valence-electron chi connectivity index (χ1n) is 13.5. The van der Waals surface area contributed by atoms with Crippen LogP contribution in [0.25, 0.3) is 0 Å². The van der Waals surface area contributed by atoms with Crippen molar-refractivity contribution in [2.45, 2.75) is 19.8 Å². The van der Waals surface area contributed by atoms with Gasteiger partial charge in [0.2, 0.25) is 0 Å². The van der Waals surface area contributed by atoms with E-state index in [4.69, 9.17) is 34.8 Å². The van der Waals surface area contributed by atoms with E-state index in [0.717, 1.165) is 17.7 Å². The van der Waals surface area contributed by atoms with Crippen LogP contribution in [0.15, 0.2) is 60.7 Å². The highest BCUT2D eigenvalue weighted by molar-refractivity contribution is 6.35. The molecule has 4 amide bonds. The molecule has 3 aromatic carbocycles. The summed E-state index contributed by atoms with van der Waals surface area (Å²) in [5, 5.41) is 10.2. The summed E-state index contributed by atoms with van der Waals surface area (Å²) in [5.41, 5.74) is 2.84. The van der Waals surface area contributed by atoms with Gasteiger partial charge in [-0.05, 0) is 67.8 Å². The number of carbonyl (C=O) groups excluding carboxylic acids is 3. The summed E-state index contributed by atoms with van der Waals surface area (Å²) in [5.74, 6) is -0.668. The molecule has 1 aliphatic heterocycles. The van der Waals surface area contributed by atoms with E-state index < -0.39 is 0 Å². The lowest BCUT2D eigenvalue weighted by Crippen LogP contribution is -2.42. The summed E-state index contributed by atoms with van der Waals surface area (Å²) in [6.45, 7) is 5.22. The van der Waals surface area contributed by atoms with E-state index in [1.54, 1.807) is 53.4 Å². The first-order valence-corrected chi connectivity index (χ1v) is 14.6. The van der Waals surface area contributed by atoms with E-state index in [1.165, 1.54) is 0 Å². The van der Waals surface area contributed by atoms with Crippen LogP contribution in [0, 0.1) is 0 Å². The number of hydrogen-bond donors (Lipinski definition) is 3. The van der Waals surface area contributed by atoms with Crippen LogP contribution < -0.4 is 20.9 Å². The zero-order chi connectivity index (χ0) is 29.4. The lowest BCUT2D eigenvalue weighted by molar-refractivity contribution is 0.0952. The highest BCUT2D eigenvalue weighted by atomic mass is 35.5. The lowest BCUT2D eigenvalue weighted by atomic mass is 10.1. The predicted molar refractivity (Wildman–Crippen MR) is 166 cm³/mol. The molecule has 41 heavy (non-hydrogen) atoms. The van der Waals surface area contributed by atoms with Crippen LogP contribution in [0.1, 0.15) is 39.6 Å². The quantitative estimate of drug-likeness (QED) is 0.285. The minimum absolute atomic E-state index is 0.0893. The van der Waals surface area contributed by atoms with Gasteiger partial charge in [-0.15, -0.1) is 0 Å². The highest BCUT2D eigenvalue weighted by Gasteiger charge is 2.22. The molecule has 0 atom stereocenters. The van der Waals surface area contributed by atoms with E-state index in [0.29, 0.717) is 77.6 Å².